The van der Waals surface area contributed by atoms with Crippen molar-refractivity contribution in [2.24, 2.45) is 0 Å². The van der Waals surface area contributed by atoms with E-state index in [1.165, 1.54) is 263 Å². The first-order valence-electron chi connectivity index (χ1n) is 27.8. The van der Waals surface area contributed by atoms with Gasteiger partial charge in [-0.15, -0.1) is 0 Å². The summed E-state index contributed by atoms with van der Waals surface area (Å²) < 4.78 is 0. The van der Waals surface area contributed by atoms with Gasteiger partial charge in [0.1, 0.15) is 6.10 Å². The molecule has 0 aliphatic heterocycles. The fourth-order valence-electron chi connectivity index (χ4n) is 9.14. The number of nitrogens with one attached hydrogen (secondary N) is 1. The molecule has 0 aromatic heterocycles. The molecule has 0 radical (unpaired) electrons. The number of hydrogen-bond acceptors (Lipinski definition) is 4. The molecule has 3 unspecified atom stereocenters. The molecule has 60 heavy (non-hydrogen) atoms. The largest absolute Gasteiger partial charge is 0.394 e. The maximum Gasteiger partial charge on any atom is 0.249 e. The minimum atomic E-state index is -1.07. The van der Waals surface area contributed by atoms with Crippen LogP contribution in [0.5, 0.6) is 0 Å². The molecule has 1 amide bonds. The van der Waals surface area contributed by atoms with Gasteiger partial charge in [0.15, 0.2) is 0 Å². The lowest BCUT2D eigenvalue weighted by Crippen LogP contribution is -2.49. The third-order valence-corrected chi connectivity index (χ3v) is 13.5. The van der Waals surface area contributed by atoms with Crippen molar-refractivity contribution >= 4 is 5.91 Å². The summed E-state index contributed by atoms with van der Waals surface area (Å²) in [6.45, 7) is 4.28. The predicted molar refractivity (Wildman–Crippen MR) is 264 cm³/mol. The molecule has 0 fully saturated rings. The van der Waals surface area contributed by atoms with Crippen LogP contribution in [0.1, 0.15) is 322 Å². The molecule has 0 saturated heterocycles. The Labute approximate surface area is 377 Å². The molecule has 3 atom stereocenters. The Balaban J connectivity index is 3.50. The van der Waals surface area contributed by atoms with Crippen molar-refractivity contribution in [1.29, 1.82) is 0 Å². The molecule has 0 aromatic rings. The molecule has 0 aromatic carbocycles. The molecule has 0 heterocycles. The van der Waals surface area contributed by atoms with E-state index in [9.17, 15) is 20.1 Å². The van der Waals surface area contributed by atoms with Crippen LogP contribution in [0.3, 0.4) is 0 Å². The monoisotopic (exact) mass is 850 g/mol. The normalized spacial score (nSPS) is 13.2. The molecule has 0 spiro atoms. The van der Waals surface area contributed by atoms with Gasteiger partial charge in [-0.25, -0.2) is 0 Å². The van der Waals surface area contributed by atoms with E-state index in [4.69, 9.17) is 0 Å². The number of hydrogen-bond donors (Lipinski definition) is 4. The Morgan fingerprint density at radius 1 is 0.333 bits per heavy atom. The summed E-state index contributed by atoms with van der Waals surface area (Å²) in [4.78, 5) is 12.6. The predicted octanol–water partition coefficient (Wildman–Crippen LogP) is 16.9. The molecule has 0 bridgehead atoms. The molecular weight excluding hydrogens is 739 g/mol. The van der Waals surface area contributed by atoms with Crippen LogP contribution in [0.15, 0.2) is 0 Å². The zero-order valence-electron chi connectivity index (χ0n) is 41.1. The van der Waals surface area contributed by atoms with Crippen LogP contribution in [0, 0.1) is 0 Å². The minimum absolute atomic E-state index is 0.307. The standard InChI is InChI=1S/C55H111NO4/c1-3-5-7-9-11-13-15-17-19-21-23-25-27-28-30-31-33-35-37-39-41-43-45-47-49-53(58)52(51-57)56-55(60)54(59)50-48-46-44-42-40-38-36-34-32-29-26-24-22-20-18-16-14-12-10-8-6-4-2/h52-54,57-59H,3-51H2,1-2H3,(H,56,60). The smallest absolute Gasteiger partial charge is 0.249 e. The summed E-state index contributed by atoms with van der Waals surface area (Å²) in [6, 6.07) is -0.707. The molecule has 0 aliphatic rings. The zero-order valence-corrected chi connectivity index (χ0v) is 41.1. The molecule has 0 rings (SSSR count). The van der Waals surface area contributed by atoms with E-state index in [1.54, 1.807) is 0 Å². The number of aliphatic hydroxyl groups is 3. The van der Waals surface area contributed by atoms with Gasteiger partial charge in [0.2, 0.25) is 5.91 Å². The van der Waals surface area contributed by atoms with Crippen LogP contribution >= 0.6 is 0 Å². The van der Waals surface area contributed by atoms with Crippen molar-refractivity contribution in [3.05, 3.63) is 0 Å². The van der Waals surface area contributed by atoms with E-state index in [-0.39, 0.29) is 6.61 Å². The highest BCUT2D eigenvalue weighted by Crippen LogP contribution is 2.18. The molecule has 4 N–H and O–H groups in total. The van der Waals surface area contributed by atoms with E-state index < -0.39 is 24.2 Å². The molecule has 5 nitrogen and oxygen atoms in total. The van der Waals surface area contributed by atoms with E-state index in [0.717, 1.165) is 32.1 Å². The Morgan fingerprint density at radius 3 is 0.750 bits per heavy atom. The maximum atomic E-state index is 12.6. The van der Waals surface area contributed by atoms with Crippen LogP contribution in [0.25, 0.3) is 0 Å². The van der Waals surface area contributed by atoms with Gasteiger partial charge < -0.3 is 20.6 Å². The van der Waals surface area contributed by atoms with Gasteiger partial charge in [-0.1, -0.05) is 309 Å². The van der Waals surface area contributed by atoms with Crippen molar-refractivity contribution in [3.8, 4) is 0 Å². The highest BCUT2D eigenvalue weighted by molar-refractivity contribution is 5.80. The average molecular weight is 850 g/mol. The Bertz CT molecular complexity index is 807. The van der Waals surface area contributed by atoms with Gasteiger partial charge in [0.05, 0.1) is 18.8 Å². The fourth-order valence-corrected chi connectivity index (χ4v) is 9.14. The van der Waals surface area contributed by atoms with Gasteiger partial charge in [-0.3, -0.25) is 4.79 Å². The van der Waals surface area contributed by atoms with Crippen molar-refractivity contribution < 1.29 is 20.1 Å². The topological polar surface area (TPSA) is 89.8 Å². The number of rotatable bonds is 52. The first-order valence-corrected chi connectivity index (χ1v) is 27.8. The third kappa shape index (κ3) is 45.4. The Hall–Kier alpha value is -0.650. The van der Waals surface area contributed by atoms with E-state index >= 15 is 0 Å². The molecule has 5 heteroatoms. The van der Waals surface area contributed by atoms with Crippen LogP contribution in [-0.4, -0.2) is 46.1 Å². The molecule has 0 aliphatic carbocycles. The molecular formula is C55H111NO4. The lowest BCUT2D eigenvalue weighted by Gasteiger charge is -2.23. The number of aliphatic hydroxyl groups excluding tert-OH is 3. The first-order chi connectivity index (χ1) is 29.6. The highest BCUT2D eigenvalue weighted by atomic mass is 16.3. The number of amides is 1. The van der Waals surface area contributed by atoms with Crippen LogP contribution < -0.4 is 5.32 Å². The molecule has 0 saturated carbocycles. The van der Waals surface area contributed by atoms with Gasteiger partial charge in [-0.05, 0) is 12.8 Å². The summed E-state index contributed by atoms with van der Waals surface area (Å²) in [6.07, 6.45) is 61.4. The van der Waals surface area contributed by atoms with Gasteiger partial charge >= 0.3 is 0 Å². The second-order valence-electron chi connectivity index (χ2n) is 19.5. The van der Waals surface area contributed by atoms with Gasteiger partial charge in [0, 0.05) is 0 Å². The van der Waals surface area contributed by atoms with E-state index in [0.29, 0.717) is 12.8 Å². The highest BCUT2D eigenvalue weighted by Gasteiger charge is 2.23. The van der Waals surface area contributed by atoms with Crippen molar-refractivity contribution in [2.45, 2.75) is 340 Å². The van der Waals surface area contributed by atoms with Crippen LogP contribution in [0.2, 0.25) is 0 Å². The van der Waals surface area contributed by atoms with Crippen LogP contribution in [-0.2, 0) is 4.79 Å². The summed E-state index contributed by atoms with van der Waals surface area (Å²) in [5, 5.41) is 33.6. The average Bonchev–Trinajstić information content (AvgIpc) is 3.25. The van der Waals surface area contributed by atoms with Gasteiger partial charge in [0.25, 0.3) is 0 Å². The fraction of sp³-hybridized carbons (Fsp3) is 0.982. The Kier molecular flexibility index (Phi) is 50.4. The second-order valence-corrected chi connectivity index (χ2v) is 19.5. The lowest BCUT2D eigenvalue weighted by molar-refractivity contribution is -0.131. The van der Waals surface area contributed by atoms with Crippen LogP contribution in [0.4, 0.5) is 0 Å². The number of carbonyl (C=O) groups excluding carboxylic acids is 1. The summed E-state index contributed by atoms with van der Waals surface area (Å²) >= 11 is 0. The maximum absolute atomic E-state index is 12.6. The quantitative estimate of drug-likeness (QED) is 0.0459. The zero-order chi connectivity index (χ0) is 43.7. The van der Waals surface area contributed by atoms with Crippen molar-refractivity contribution in [3.63, 3.8) is 0 Å². The number of carbonyl (C=O) groups is 1. The van der Waals surface area contributed by atoms with Crippen molar-refractivity contribution in [1.82, 2.24) is 5.32 Å². The van der Waals surface area contributed by atoms with E-state index in [1.807, 2.05) is 0 Å². The van der Waals surface area contributed by atoms with Gasteiger partial charge in [-0.2, -0.15) is 0 Å². The SMILES string of the molecule is CCCCCCCCCCCCCCCCCCCCCCCCCCC(O)C(CO)NC(=O)C(O)CCCCCCCCCCCCCCCCCCCCCCCC. The molecule has 360 valence electrons. The summed E-state index contributed by atoms with van der Waals surface area (Å²) in [7, 11) is 0. The lowest BCUT2D eigenvalue weighted by atomic mass is 10.0. The Morgan fingerprint density at radius 2 is 0.533 bits per heavy atom. The van der Waals surface area contributed by atoms with Crippen molar-refractivity contribution in [2.75, 3.05) is 6.61 Å². The summed E-state index contributed by atoms with van der Waals surface area (Å²) in [5.74, 6) is -0.462. The third-order valence-electron chi connectivity index (χ3n) is 13.5. The first kappa shape index (κ1) is 59.4. The number of unbranched alkanes of at least 4 members (excludes halogenated alkanes) is 44. The minimum Gasteiger partial charge on any atom is -0.394 e. The summed E-state index contributed by atoms with van der Waals surface area (Å²) in [5.41, 5.74) is 0. The second kappa shape index (κ2) is 51.0. The van der Waals surface area contributed by atoms with E-state index in [2.05, 4.69) is 19.2 Å².